The highest BCUT2D eigenvalue weighted by molar-refractivity contribution is 6.05. The fourth-order valence-corrected chi connectivity index (χ4v) is 3.35. The number of carbonyl (C=O) groups excluding carboxylic acids is 2. The SMILES string of the molecule is Cc1ccc(NC(=O)Nc2ccccc2)cc1NC(=O)c1nnn(-c2cccc([N+](=O)[O-])c2)c1C. The molecule has 0 aliphatic heterocycles. The third-order valence-electron chi connectivity index (χ3n) is 5.17. The third kappa shape index (κ3) is 5.30. The van der Waals surface area contributed by atoms with E-state index in [4.69, 9.17) is 0 Å². The van der Waals surface area contributed by atoms with Gasteiger partial charge < -0.3 is 16.0 Å². The molecule has 11 heteroatoms. The summed E-state index contributed by atoms with van der Waals surface area (Å²) < 4.78 is 1.36. The Balaban J connectivity index is 1.50. The minimum atomic E-state index is -0.507. The fraction of sp³-hybridized carbons (Fsp3) is 0.0833. The number of hydrogen-bond acceptors (Lipinski definition) is 6. The third-order valence-corrected chi connectivity index (χ3v) is 5.17. The highest BCUT2D eigenvalue weighted by Gasteiger charge is 2.19. The fourth-order valence-electron chi connectivity index (χ4n) is 3.35. The number of para-hydroxylation sites is 1. The van der Waals surface area contributed by atoms with Gasteiger partial charge in [-0.05, 0) is 49.7 Å². The van der Waals surface area contributed by atoms with Gasteiger partial charge in [-0.2, -0.15) is 0 Å². The lowest BCUT2D eigenvalue weighted by atomic mass is 10.1. The zero-order chi connectivity index (χ0) is 24.9. The number of rotatable bonds is 6. The molecule has 3 amide bonds. The largest absolute Gasteiger partial charge is 0.323 e. The maximum atomic E-state index is 12.9. The summed E-state index contributed by atoms with van der Waals surface area (Å²) in [6.07, 6.45) is 0. The molecule has 0 radical (unpaired) electrons. The van der Waals surface area contributed by atoms with E-state index >= 15 is 0 Å². The highest BCUT2D eigenvalue weighted by Crippen LogP contribution is 2.23. The van der Waals surface area contributed by atoms with E-state index < -0.39 is 16.9 Å². The quantitative estimate of drug-likeness (QED) is 0.275. The molecule has 0 atom stereocenters. The van der Waals surface area contributed by atoms with Crippen LogP contribution in [0.1, 0.15) is 21.7 Å². The van der Waals surface area contributed by atoms with Crippen LogP contribution in [0.3, 0.4) is 0 Å². The molecule has 0 aliphatic rings. The van der Waals surface area contributed by atoms with Gasteiger partial charge in [0.15, 0.2) is 5.69 Å². The maximum Gasteiger partial charge on any atom is 0.323 e. The summed E-state index contributed by atoms with van der Waals surface area (Å²) in [6, 6.07) is 19.6. The number of nitrogens with one attached hydrogen (secondary N) is 3. The topological polar surface area (TPSA) is 144 Å². The van der Waals surface area contributed by atoms with Crippen LogP contribution in [-0.2, 0) is 0 Å². The lowest BCUT2D eigenvalue weighted by Crippen LogP contribution is -2.20. The van der Waals surface area contributed by atoms with E-state index in [2.05, 4.69) is 26.3 Å². The molecule has 0 saturated carbocycles. The summed E-state index contributed by atoms with van der Waals surface area (Å²) in [4.78, 5) is 35.8. The van der Waals surface area contributed by atoms with E-state index in [1.54, 1.807) is 43.3 Å². The zero-order valence-corrected chi connectivity index (χ0v) is 18.9. The number of benzene rings is 3. The number of carbonyl (C=O) groups is 2. The molecule has 1 heterocycles. The highest BCUT2D eigenvalue weighted by atomic mass is 16.6. The van der Waals surface area contributed by atoms with Crippen molar-refractivity contribution in [2.45, 2.75) is 13.8 Å². The first-order chi connectivity index (χ1) is 16.8. The van der Waals surface area contributed by atoms with Gasteiger partial charge in [0.2, 0.25) is 0 Å². The average molecular weight is 471 g/mol. The monoisotopic (exact) mass is 471 g/mol. The molecule has 0 unspecified atom stereocenters. The van der Waals surface area contributed by atoms with Crippen LogP contribution < -0.4 is 16.0 Å². The van der Waals surface area contributed by atoms with E-state index in [0.29, 0.717) is 28.4 Å². The van der Waals surface area contributed by atoms with E-state index in [-0.39, 0.29) is 11.4 Å². The van der Waals surface area contributed by atoms with Crippen LogP contribution in [0.25, 0.3) is 5.69 Å². The molecular formula is C24H21N7O4. The number of hydrogen-bond donors (Lipinski definition) is 3. The van der Waals surface area contributed by atoms with Gasteiger partial charge in [-0.3, -0.25) is 14.9 Å². The van der Waals surface area contributed by atoms with Gasteiger partial charge in [-0.15, -0.1) is 5.10 Å². The van der Waals surface area contributed by atoms with E-state index in [9.17, 15) is 19.7 Å². The first kappa shape index (κ1) is 23.1. The summed E-state index contributed by atoms with van der Waals surface area (Å²) in [5.41, 5.74) is 3.18. The van der Waals surface area contributed by atoms with Gasteiger partial charge in [0, 0.05) is 29.2 Å². The Morgan fingerprint density at radius 1 is 0.886 bits per heavy atom. The number of aryl methyl sites for hydroxylation is 1. The van der Waals surface area contributed by atoms with Crippen molar-refractivity contribution in [2.24, 2.45) is 0 Å². The number of non-ortho nitro benzene ring substituents is 1. The Labute approximate surface area is 199 Å². The first-order valence-corrected chi connectivity index (χ1v) is 10.5. The van der Waals surface area contributed by atoms with Gasteiger partial charge in [-0.1, -0.05) is 35.5 Å². The number of nitrogens with zero attached hydrogens (tertiary/aromatic N) is 4. The smallest absolute Gasteiger partial charge is 0.320 e. The molecular weight excluding hydrogens is 450 g/mol. The Hall–Kier alpha value is -5.06. The van der Waals surface area contributed by atoms with Crippen LogP contribution in [0.2, 0.25) is 0 Å². The van der Waals surface area contributed by atoms with E-state index in [0.717, 1.165) is 5.56 Å². The molecule has 0 fully saturated rings. The number of aromatic nitrogens is 3. The average Bonchev–Trinajstić information content (AvgIpc) is 3.23. The summed E-state index contributed by atoms with van der Waals surface area (Å²) in [5.74, 6) is -0.506. The molecule has 1 aromatic heterocycles. The van der Waals surface area contributed by atoms with Crippen LogP contribution in [-0.4, -0.2) is 31.9 Å². The molecule has 11 nitrogen and oxygen atoms in total. The van der Waals surface area contributed by atoms with Crippen molar-refractivity contribution in [3.8, 4) is 5.69 Å². The second kappa shape index (κ2) is 9.83. The predicted molar refractivity (Wildman–Crippen MR) is 131 cm³/mol. The molecule has 0 spiro atoms. The van der Waals surface area contributed by atoms with Crippen molar-refractivity contribution < 1.29 is 14.5 Å². The molecule has 176 valence electrons. The van der Waals surface area contributed by atoms with E-state index in [1.165, 1.54) is 22.9 Å². The number of urea groups is 1. The molecule has 4 aromatic rings. The van der Waals surface area contributed by atoms with E-state index in [1.807, 2.05) is 25.1 Å². The standard InChI is InChI=1S/C24H21N7O4/c1-15-11-12-18(26-24(33)25-17-7-4-3-5-8-17)13-21(15)27-23(32)22-16(2)30(29-28-22)19-9-6-10-20(14-19)31(34)35/h3-14H,1-2H3,(H,27,32)(H2,25,26,33). The van der Waals surface area contributed by atoms with Crippen LogP contribution >= 0.6 is 0 Å². The number of nitro groups is 1. The van der Waals surface area contributed by atoms with Crippen LogP contribution in [0.15, 0.2) is 72.8 Å². The molecule has 3 aromatic carbocycles. The Morgan fingerprint density at radius 3 is 2.37 bits per heavy atom. The lowest BCUT2D eigenvalue weighted by molar-refractivity contribution is -0.384. The second-order valence-electron chi connectivity index (χ2n) is 7.64. The molecule has 0 saturated heterocycles. The molecule has 35 heavy (non-hydrogen) atoms. The molecule has 0 bridgehead atoms. The minimum absolute atomic E-state index is 0.0658. The molecule has 4 rings (SSSR count). The van der Waals surface area contributed by atoms with Crippen LogP contribution in [0.4, 0.5) is 27.5 Å². The van der Waals surface area contributed by atoms with Crippen molar-refractivity contribution in [2.75, 3.05) is 16.0 Å². The Bertz CT molecular complexity index is 1420. The summed E-state index contributed by atoms with van der Waals surface area (Å²) in [5, 5.41) is 27.3. The maximum absolute atomic E-state index is 12.9. The normalized spacial score (nSPS) is 10.5. The Morgan fingerprint density at radius 2 is 1.63 bits per heavy atom. The van der Waals surface area contributed by atoms with Crippen molar-refractivity contribution in [1.29, 1.82) is 0 Å². The van der Waals surface area contributed by atoms with Gasteiger partial charge in [-0.25, -0.2) is 9.48 Å². The van der Waals surface area contributed by atoms with Crippen LogP contribution in [0, 0.1) is 24.0 Å². The van der Waals surface area contributed by atoms with Crippen molar-refractivity contribution in [3.05, 3.63) is 99.9 Å². The van der Waals surface area contributed by atoms with Crippen molar-refractivity contribution >= 4 is 34.7 Å². The molecule has 0 aliphatic carbocycles. The van der Waals surface area contributed by atoms with Gasteiger partial charge in [0.05, 0.1) is 16.3 Å². The lowest BCUT2D eigenvalue weighted by Gasteiger charge is -2.12. The van der Waals surface area contributed by atoms with Gasteiger partial charge in [0.25, 0.3) is 11.6 Å². The summed E-state index contributed by atoms with van der Waals surface area (Å²) in [6.45, 7) is 3.46. The molecule has 3 N–H and O–H groups in total. The van der Waals surface area contributed by atoms with Gasteiger partial charge in [0.1, 0.15) is 0 Å². The Kier molecular flexibility index (Phi) is 6.49. The minimum Gasteiger partial charge on any atom is -0.320 e. The number of anilines is 3. The van der Waals surface area contributed by atoms with Crippen LogP contribution in [0.5, 0.6) is 0 Å². The zero-order valence-electron chi connectivity index (χ0n) is 18.9. The summed E-state index contributed by atoms with van der Waals surface area (Å²) >= 11 is 0. The number of nitro benzene ring substituents is 1. The second-order valence-corrected chi connectivity index (χ2v) is 7.64. The van der Waals surface area contributed by atoms with Crippen molar-refractivity contribution in [1.82, 2.24) is 15.0 Å². The predicted octanol–water partition coefficient (Wildman–Crippen LogP) is 4.69. The summed E-state index contributed by atoms with van der Waals surface area (Å²) in [7, 11) is 0. The van der Waals surface area contributed by atoms with Gasteiger partial charge >= 0.3 is 6.03 Å². The van der Waals surface area contributed by atoms with Crippen molar-refractivity contribution in [3.63, 3.8) is 0 Å². The number of amides is 3. The first-order valence-electron chi connectivity index (χ1n) is 10.5.